The van der Waals surface area contributed by atoms with Gasteiger partial charge in [-0.1, -0.05) is 0 Å². The maximum Gasteiger partial charge on any atom is 0.241 e. The van der Waals surface area contributed by atoms with Crippen LogP contribution in [0.2, 0.25) is 0 Å². The molecule has 1 aromatic carbocycles. The highest BCUT2D eigenvalue weighted by Crippen LogP contribution is 2.18. The Morgan fingerprint density at radius 1 is 1.42 bits per heavy atom. The topological polar surface area (TPSA) is 114 Å². The zero-order valence-electron chi connectivity index (χ0n) is 10.6. The first-order valence-electron chi connectivity index (χ1n) is 5.64. The first-order chi connectivity index (χ1) is 8.90. The van der Waals surface area contributed by atoms with Gasteiger partial charge in [-0.2, -0.15) is 5.10 Å². The van der Waals surface area contributed by atoms with Crippen LogP contribution in [0.25, 0.3) is 0 Å². The van der Waals surface area contributed by atoms with Gasteiger partial charge in [-0.15, -0.1) is 0 Å². The molecule has 0 radical (unpaired) electrons. The lowest BCUT2D eigenvalue weighted by atomic mass is 10.2. The van der Waals surface area contributed by atoms with Crippen molar-refractivity contribution < 1.29 is 8.42 Å². The number of aromatic nitrogens is 3. The quantitative estimate of drug-likeness (QED) is 0.715. The summed E-state index contributed by atoms with van der Waals surface area (Å²) in [5.74, 6) is 0.454. The summed E-state index contributed by atoms with van der Waals surface area (Å²) in [6.07, 6.45) is 1.33. The van der Waals surface area contributed by atoms with E-state index in [1.54, 1.807) is 19.9 Å². The van der Waals surface area contributed by atoms with Crippen molar-refractivity contribution in [2.75, 3.05) is 5.73 Å². The molecule has 2 aromatic rings. The molecule has 0 aliphatic heterocycles. The Morgan fingerprint density at radius 3 is 2.74 bits per heavy atom. The van der Waals surface area contributed by atoms with Crippen LogP contribution in [-0.2, 0) is 10.0 Å². The van der Waals surface area contributed by atoms with Crippen LogP contribution in [0, 0.1) is 6.92 Å². The van der Waals surface area contributed by atoms with Gasteiger partial charge in [-0.05, 0) is 37.6 Å². The Morgan fingerprint density at radius 2 is 2.16 bits per heavy atom. The third kappa shape index (κ3) is 2.91. The van der Waals surface area contributed by atoms with Crippen LogP contribution in [0.4, 0.5) is 5.69 Å². The van der Waals surface area contributed by atoms with Crippen molar-refractivity contribution in [2.24, 2.45) is 0 Å². The number of aryl methyl sites for hydroxylation is 1. The van der Waals surface area contributed by atoms with Crippen LogP contribution in [0.3, 0.4) is 0 Å². The largest absolute Gasteiger partial charge is 0.399 e. The number of nitrogens with two attached hydrogens (primary N) is 1. The molecule has 1 unspecified atom stereocenters. The van der Waals surface area contributed by atoms with E-state index >= 15 is 0 Å². The molecule has 0 aliphatic rings. The van der Waals surface area contributed by atoms with Gasteiger partial charge in [0, 0.05) is 5.69 Å². The highest BCUT2D eigenvalue weighted by Gasteiger charge is 2.20. The van der Waals surface area contributed by atoms with E-state index in [1.165, 1.54) is 18.5 Å². The predicted molar refractivity (Wildman–Crippen MR) is 70.7 cm³/mol. The zero-order valence-corrected chi connectivity index (χ0v) is 11.4. The van der Waals surface area contributed by atoms with Gasteiger partial charge >= 0.3 is 0 Å². The number of nitrogen functional groups attached to an aromatic ring is 1. The molecule has 0 spiro atoms. The molecule has 1 heterocycles. The van der Waals surface area contributed by atoms with E-state index < -0.39 is 16.1 Å². The SMILES string of the molecule is Cc1cc(S(=O)(=O)NC(C)c2ncn[nH]2)ccc1N. The van der Waals surface area contributed by atoms with Crippen LogP contribution in [0.5, 0.6) is 0 Å². The van der Waals surface area contributed by atoms with E-state index in [9.17, 15) is 8.42 Å². The van der Waals surface area contributed by atoms with Crippen LogP contribution in [0.1, 0.15) is 24.4 Å². The minimum Gasteiger partial charge on any atom is -0.399 e. The van der Waals surface area contributed by atoms with Crippen LogP contribution >= 0.6 is 0 Å². The first-order valence-corrected chi connectivity index (χ1v) is 7.12. The van der Waals surface area contributed by atoms with Crippen molar-refractivity contribution in [2.45, 2.75) is 24.8 Å². The molecule has 7 nitrogen and oxygen atoms in total. The molecular formula is C11H15N5O2S. The number of hydrogen-bond donors (Lipinski definition) is 3. The summed E-state index contributed by atoms with van der Waals surface area (Å²) in [6, 6.07) is 4.08. The molecule has 0 amide bonds. The second-order valence-corrected chi connectivity index (χ2v) is 5.95. The molecule has 0 saturated heterocycles. The van der Waals surface area contributed by atoms with Crippen molar-refractivity contribution >= 4 is 15.7 Å². The molecule has 2 rings (SSSR count). The van der Waals surface area contributed by atoms with Crippen molar-refractivity contribution in [3.05, 3.63) is 35.9 Å². The van der Waals surface area contributed by atoms with Gasteiger partial charge in [0.25, 0.3) is 0 Å². The Kier molecular flexibility index (Phi) is 3.54. The molecule has 0 bridgehead atoms. The molecule has 8 heteroatoms. The zero-order chi connectivity index (χ0) is 14.0. The van der Waals surface area contributed by atoms with Gasteiger partial charge in [0.15, 0.2) is 0 Å². The Balaban J connectivity index is 2.25. The highest BCUT2D eigenvalue weighted by molar-refractivity contribution is 7.89. The summed E-state index contributed by atoms with van der Waals surface area (Å²) in [7, 11) is -3.62. The number of benzene rings is 1. The van der Waals surface area contributed by atoms with Gasteiger partial charge in [-0.3, -0.25) is 5.10 Å². The van der Waals surface area contributed by atoms with E-state index in [4.69, 9.17) is 5.73 Å². The van der Waals surface area contributed by atoms with Gasteiger partial charge in [0.05, 0.1) is 10.9 Å². The average Bonchev–Trinajstić information content (AvgIpc) is 2.85. The third-order valence-electron chi connectivity index (χ3n) is 2.73. The van der Waals surface area contributed by atoms with Gasteiger partial charge in [-0.25, -0.2) is 18.1 Å². The number of nitrogens with zero attached hydrogens (tertiary/aromatic N) is 2. The summed E-state index contributed by atoms with van der Waals surface area (Å²) >= 11 is 0. The third-order valence-corrected chi connectivity index (χ3v) is 4.27. The smallest absolute Gasteiger partial charge is 0.241 e. The standard InChI is InChI=1S/C11H15N5O2S/c1-7-5-9(3-4-10(7)12)19(17,18)16-8(2)11-13-6-14-15-11/h3-6,8,16H,12H2,1-2H3,(H,13,14,15). The summed E-state index contributed by atoms with van der Waals surface area (Å²) in [5, 5.41) is 6.31. The molecule has 0 aliphatic carbocycles. The van der Waals surface area contributed by atoms with E-state index in [1.807, 2.05) is 0 Å². The van der Waals surface area contributed by atoms with Crippen LogP contribution in [0.15, 0.2) is 29.4 Å². The maximum absolute atomic E-state index is 12.2. The van der Waals surface area contributed by atoms with Gasteiger partial charge in [0.1, 0.15) is 12.2 Å². The van der Waals surface area contributed by atoms with Gasteiger partial charge < -0.3 is 5.73 Å². The van der Waals surface area contributed by atoms with E-state index in [0.29, 0.717) is 11.5 Å². The number of H-pyrrole nitrogens is 1. The van der Waals surface area contributed by atoms with Gasteiger partial charge in [0.2, 0.25) is 10.0 Å². The number of nitrogens with one attached hydrogen (secondary N) is 2. The summed E-state index contributed by atoms with van der Waals surface area (Å²) in [4.78, 5) is 4.08. The molecule has 0 saturated carbocycles. The lowest BCUT2D eigenvalue weighted by Gasteiger charge is -2.12. The average molecular weight is 281 g/mol. The van der Waals surface area contributed by atoms with E-state index in [0.717, 1.165) is 5.56 Å². The van der Waals surface area contributed by atoms with Crippen molar-refractivity contribution in [3.63, 3.8) is 0 Å². The van der Waals surface area contributed by atoms with Crippen molar-refractivity contribution in [3.8, 4) is 0 Å². The second kappa shape index (κ2) is 4.98. The minimum atomic E-state index is -3.62. The van der Waals surface area contributed by atoms with E-state index in [-0.39, 0.29) is 4.90 Å². The van der Waals surface area contributed by atoms with Crippen molar-refractivity contribution in [1.29, 1.82) is 0 Å². The molecule has 19 heavy (non-hydrogen) atoms. The summed E-state index contributed by atoms with van der Waals surface area (Å²) < 4.78 is 26.9. The van der Waals surface area contributed by atoms with E-state index in [2.05, 4.69) is 19.9 Å². The molecule has 4 N–H and O–H groups in total. The number of rotatable bonds is 4. The first kappa shape index (κ1) is 13.5. The van der Waals surface area contributed by atoms with Crippen molar-refractivity contribution in [1.82, 2.24) is 19.9 Å². The number of aromatic amines is 1. The minimum absolute atomic E-state index is 0.172. The lowest BCUT2D eigenvalue weighted by Crippen LogP contribution is -2.27. The summed E-state index contributed by atoms with van der Waals surface area (Å²) in [5.41, 5.74) is 6.95. The Bertz CT molecular complexity index is 666. The molecular weight excluding hydrogens is 266 g/mol. The lowest BCUT2D eigenvalue weighted by molar-refractivity contribution is 0.560. The molecule has 0 fully saturated rings. The number of hydrogen-bond acceptors (Lipinski definition) is 5. The number of sulfonamides is 1. The fourth-order valence-corrected chi connectivity index (χ4v) is 2.89. The Labute approximate surface area is 111 Å². The van der Waals surface area contributed by atoms with Crippen LogP contribution in [-0.4, -0.2) is 23.6 Å². The maximum atomic E-state index is 12.2. The molecule has 102 valence electrons. The number of anilines is 1. The van der Waals surface area contributed by atoms with Crippen LogP contribution < -0.4 is 10.5 Å². The predicted octanol–water partition coefficient (Wildman–Crippen LogP) is 0.735. The molecule has 1 atom stereocenters. The summed E-state index contributed by atoms with van der Waals surface area (Å²) in [6.45, 7) is 3.44. The highest BCUT2D eigenvalue weighted by atomic mass is 32.2. The fourth-order valence-electron chi connectivity index (χ4n) is 1.60. The monoisotopic (exact) mass is 281 g/mol. The second-order valence-electron chi connectivity index (χ2n) is 4.23. The fraction of sp³-hybridized carbons (Fsp3) is 0.273. The Hall–Kier alpha value is -1.93. The normalized spacial score (nSPS) is 13.4. The molecule has 1 aromatic heterocycles.